The molecule has 1 aromatic carbocycles. The van der Waals surface area contributed by atoms with E-state index in [1.54, 1.807) is 18.3 Å². The van der Waals surface area contributed by atoms with Crippen LogP contribution in [0.3, 0.4) is 0 Å². The number of H-pyrrole nitrogens is 1. The number of para-hydroxylation sites is 1. The SMILES string of the molecule is NC(N)Cc1c[nH]c2c(C(=O)O)cccc12. The fraction of sp³-hybridized carbons (Fsp3) is 0.182. The van der Waals surface area contributed by atoms with Crippen LogP contribution in [-0.4, -0.2) is 22.2 Å². The Morgan fingerprint density at radius 2 is 2.19 bits per heavy atom. The lowest BCUT2D eigenvalue weighted by atomic mass is 10.1. The zero-order valence-electron chi connectivity index (χ0n) is 8.60. The molecule has 5 nitrogen and oxygen atoms in total. The predicted octanol–water partition coefficient (Wildman–Crippen LogP) is 0.652. The average Bonchev–Trinajstić information content (AvgIpc) is 2.60. The molecular formula is C11H13N3O2. The summed E-state index contributed by atoms with van der Waals surface area (Å²) in [5, 5.41) is 9.87. The fourth-order valence-corrected chi connectivity index (χ4v) is 1.81. The summed E-state index contributed by atoms with van der Waals surface area (Å²) < 4.78 is 0. The molecule has 2 rings (SSSR count). The highest BCUT2D eigenvalue weighted by Crippen LogP contribution is 2.22. The highest BCUT2D eigenvalue weighted by Gasteiger charge is 2.12. The number of carboxylic acids is 1. The Bertz CT molecular complexity index is 531. The van der Waals surface area contributed by atoms with Crippen LogP contribution in [0.15, 0.2) is 24.4 Å². The van der Waals surface area contributed by atoms with Gasteiger partial charge in [0.2, 0.25) is 0 Å². The number of hydrogen-bond acceptors (Lipinski definition) is 3. The molecule has 84 valence electrons. The number of carbonyl (C=O) groups is 1. The number of fused-ring (bicyclic) bond motifs is 1. The van der Waals surface area contributed by atoms with Crippen molar-refractivity contribution in [1.82, 2.24) is 4.98 Å². The van der Waals surface area contributed by atoms with Gasteiger partial charge in [0.15, 0.2) is 0 Å². The van der Waals surface area contributed by atoms with Crippen molar-refractivity contribution in [2.24, 2.45) is 11.5 Å². The van der Waals surface area contributed by atoms with E-state index in [1.165, 1.54) is 0 Å². The first-order valence-electron chi connectivity index (χ1n) is 4.93. The number of benzene rings is 1. The van der Waals surface area contributed by atoms with E-state index in [0.717, 1.165) is 10.9 Å². The Morgan fingerprint density at radius 3 is 2.81 bits per heavy atom. The van der Waals surface area contributed by atoms with E-state index in [-0.39, 0.29) is 5.56 Å². The first kappa shape index (κ1) is 10.7. The van der Waals surface area contributed by atoms with E-state index in [1.807, 2.05) is 6.07 Å². The van der Waals surface area contributed by atoms with Gasteiger partial charge < -0.3 is 21.6 Å². The first-order valence-corrected chi connectivity index (χ1v) is 4.93. The van der Waals surface area contributed by atoms with Crippen LogP contribution in [0.5, 0.6) is 0 Å². The van der Waals surface area contributed by atoms with Crippen LogP contribution >= 0.6 is 0 Å². The zero-order valence-corrected chi connectivity index (χ0v) is 8.60. The van der Waals surface area contributed by atoms with Gasteiger partial charge in [0.05, 0.1) is 17.2 Å². The molecule has 0 atom stereocenters. The highest BCUT2D eigenvalue weighted by atomic mass is 16.4. The Hall–Kier alpha value is -1.85. The van der Waals surface area contributed by atoms with Crippen LogP contribution < -0.4 is 11.5 Å². The molecule has 0 fully saturated rings. The molecule has 0 unspecified atom stereocenters. The van der Waals surface area contributed by atoms with Crippen LogP contribution in [0.2, 0.25) is 0 Å². The van der Waals surface area contributed by atoms with Crippen molar-refractivity contribution in [2.75, 3.05) is 0 Å². The molecule has 2 aromatic rings. The molecule has 16 heavy (non-hydrogen) atoms. The summed E-state index contributed by atoms with van der Waals surface area (Å²) in [6.07, 6.45) is 1.83. The van der Waals surface area contributed by atoms with Gasteiger partial charge in [-0.3, -0.25) is 0 Å². The van der Waals surface area contributed by atoms with E-state index >= 15 is 0 Å². The summed E-state index contributed by atoms with van der Waals surface area (Å²) in [6, 6.07) is 5.13. The van der Waals surface area contributed by atoms with Crippen molar-refractivity contribution >= 4 is 16.9 Å². The molecule has 0 spiro atoms. The van der Waals surface area contributed by atoms with Gasteiger partial charge in [-0.2, -0.15) is 0 Å². The topological polar surface area (TPSA) is 105 Å². The normalized spacial score (nSPS) is 11.2. The van der Waals surface area contributed by atoms with E-state index in [4.69, 9.17) is 16.6 Å². The summed E-state index contributed by atoms with van der Waals surface area (Å²) in [4.78, 5) is 13.9. The van der Waals surface area contributed by atoms with Gasteiger partial charge in [0.25, 0.3) is 0 Å². The Kier molecular flexibility index (Phi) is 2.64. The molecule has 0 aliphatic carbocycles. The lowest BCUT2D eigenvalue weighted by Gasteiger charge is -2.03. The van der Waals surface area contributed by atoms with Crippen molar-refractivity contribution in [3.63, 3.8) is 0 Å². The lowest BCUT2D eigenvalue weighted by molar-refractivity contribution is 0.0699. The fourth-order valence-electron chi connectivity index (χ4n) is 1.81. The minimum Gasteiger partial charge on any atom is -0.478 e. The second-order valence-electron chi connectivity index (χ2n) is 3.72. The summed E-state index contributed by atoms with van der Waals surface area (Å²) in [7, 11) is 0. The van der Waals surface area contributed by atoms with E-state index in [9.17, 15) is 4.79 Å². The average molecular weight is 219 g/mol. The third-order valence-corrected chi connectivity index (χ3v) is 2.49. The smallest absolute Gasteiger partial charge is 0.337 e. The number of rotatable bonds is 3. The summed E-state index contributed by atoms with van der Waals surface area (Å²) in [6.45, 7) is 0. The third kappa shape index (κ3) is 1.78. The number of nitrogens with one attached hydrogen (secondary N) is 1. The minimum absolute atomic E-state index is 0.259. The lowest BCUT2D eigenvalue weighted by Crippen LogP contribution is -2.32. The quantitative estimate of drug-likeness (QED) is 0.569. The number of hydrogen-bond donors (Lipinski definition) is 4. The maximum Gasteiger partial charge on any atom is 0.337 e. The first-order chi connectivity index (χ1) is 7.59. The van der Waals surface area contributed by atoms with Gasteiger partial charge in [-0.05, 0) is 11.6 Å². The molecular weight excluding hydrogens is 206 g/mol. The largest absolute Gasteiger partial charge is 0.478 e. The number of aromatic carboxylic acids is 1. The second kappa shape index (κ2) is 3.96. The number of nitrogens with two attached hydrogens (primary N) is 2. The van der Waals surface area contributed by atoms with Crippen molar-refractivity contribution in [1.29, 1.82) is 0 Å². The molecule has 0 bridgehead atoms. The van der Waals surface area contributed by atoms with Crippen LogP contribution in [0.4, 0.5) is 0 Å². The zero-order chi connectivity index (χ0) is 11.7. The van der Waals surface area contributed by atoms with Gasteiger partial charge in [0, 0.05) is 18.0 Å². The monoisotopic (exact) mass is 219 g/mol. The van der Waals surface area contributed by atoms with Crippen molar-refractivity contribution in [3.8, 4) is 0 Å². The van der Waals surface area contributed by atoms with Crippen molar-refractivity contribution in [2.45, 2.75) is 12.6 Å². The standard InChI is InChI=1S/C11H13N3O2/c12-9(13)4-6-5-14-10-7(6)2-1-3-8(10)11(15)16/h1-3,5,9,14H,4,12-13H2,(H,15,16). The molecule has 1 aromatic heterocycles. The minimum atomic E-state index is -0.948. The third-order valence-electron chi connectivity index (χ3n) is 2.49. The molecule has 0 amide bonds. The Labute approximate surface area is 92.1 Å². The second-order valence-corrected chi connectivity index (χ2v) is 3.72. The Morgan fingerprint density at radius 1 is 1.44 bits per heavy atom. The number of carboxylic acid groups (broad SMARTS) is 1. The van der Waals surface area contributed by atoms with E-state index in [2.05, 4.69) is 4.98 Å². The predicted molar refractivity (Wildman–Crippen MR) is 61.1 cm³/mol. The molecule has 0 radical (unpaired) electrons. The Balaban J connectivity index is 2.57. The van der Waals surface area contributed by atoms with Gasteiger partial charge in [-0.15, -0.1) is 0 Å². The van der Waals surface area contributed by atoms with Gasteiger partial charge >= 0.3 is 5.97 Å². The van der Waals surface area contributed by atoms with Crippen LogP contribution in [0.25, 0.3) is 10.9 Å². The molecule has 0 aliphatic heterocycles. The maximum atomic E-state index is 11.0. The van der Waals surface area contributed by atoms with Crippen molar-refractivity contribution < 1.29 is 9.90 Å². The highest BCUT2D eigenvalue weighted by molar-refractivity contribution is 6.02. The van der Waals surface area contributed by atoms with Gasteiger partial charge in [-0.25, -0.2) is 4.79 Å². The van der Waals surface area contributed by atoms with Crippen LogP contribution in [0, 0.1) is 0 Å². The summed E-state index contributed by atoms with van der Waals surface area (Å²) >= 11 is 0. The molecule has 0 saturated heterocycles. The molecule has 0 saturated carbocycles. The number of aromatic amines is 1. The van der Waals surface area contributed by atoms with Crippen molar-refractivity contribution in [3.05, 3.63) is 35.5 Å². The van der Waals surface area contributed by atoms with Crippen LogP contribution in [-0.2, 0) is 6.42 Å². The molecule has 5 heteroatoms. The van der Waals surface area contributed by atoms with Gasteiger partial charge in [-0.1, -0.05) is 12.1 Å². The number of aromatic nitrogens is 1. The molecule has 0 aliphatic rings. The molecule has 1 heterocycles. The van der Waals surface area contributed by atoms with E-state index in [0.29, 0.717) is 11.9 Å². The maximum absolute atomic E-state index is 11.0. The summed E-state index contributed by atoms with van der Waals surface area (Å²) in [5.41, 5.74) is 12.9. The summed E-state index contributed by atoms with van der Waals surface area (Å²) in [5.74, 6) is -0.948. The van der Waals surface area contributed by atoms with E-state index < -0.39 is 12.1 Å². The van der Waals surface area contributed by atoms with Crippen LogP contribution in [0.1, 0.15) is 15.9 Å². The van der Waals surface area contributed by atoms with Gasteiger partial charge in [0.1, 0.15) is 0 Å². The molecule has 6 N–H and O–H groups in total.